The zero-order valence-corrected chi connectivity index (χ0v) is 17.3. The first-order chi connectivity index (χ1) is 13.6. The topological polar surface area (TPSA) is 64.0 Å². The molecule has 2 heterocycles. The van der Waals surface area contributed by atoms with E-state index in [0.717, 1.165) is 40.7 Å². The van der Waals surface area contributed by atoms with Gasteiger partial charge in [-0.1, -0.05) is 35.5 Å². The van der Waals surface area contributed by atoms with Crippen molar-refractivity contribution in [3.8, 4) is 0 Å². The van der Waals surface area contributed by atoms with Crippen molar-refractivity contribution in [3.63, 3.8) is 0 Å². The average molecular weight is 412 g/mol. The number of rotatable bonds is 6. The van der Waals surface area contributed by atoms with E-state index in [1.165, 1.54) is 22.2 Å². The maximum Gasteiger partial charge on any atom is 0.263 e. The number of anilines is 1. The molecule has 5 nitrogen and oxygen atoms in total. The summed E-state index contributed by atoms with van der Waals surface area (Å²) >= 11 is 2.90. The van der Waals surface area contributed by atoms with Crippen molar-refractivity contribution < 1.29 is 4.79 Å². The molecule has 0 spiro atoms. The summed E-state index contributed by atoms with van der Waals surface area (Å²) in [4.78, 5) is 32.2. The van der Waals surface area contributed by atoms with Crippen LogP contribution in [0.25, 0.3) is 10.2 Å². The minimum atomic E-state index is -0.123. The van der Waals surface area contributed by atoms with E-state index in [0.29, 0.717) is 11.7 Å². The van der Waals surface area contributed by atoms with Gasteiger partial charge >= 0.3 is 0 Å². The monoisotopic (exact) mass is 411 g/mol. The standard InChI is InChI=1S/C21H21N3O2S2/c1-3-11-24-20(26)18-15-5-4-6-16(15)28-19(18)23-21(24)27-12-17(25)22-14-9-7-13(2)8-10-14/h3,7-10H,1,4-6,11-12H2,2H3,(H,22,25). The molecule has 144 valence electrons. The normalized spacial score (nSPS) is 12.9. The third kappa shape index (κ3) is 3.64. The van der Waals surface area contributed by atoms with E-state index in [-0.39, 0.29) is 17.2 Å². The van der Waals surface area contributed by atoms with Gasteiger partial charge in [-0.05, 0) is 43.9 Å². The Morgan fingerprint density at radius 3 is 2.89 bits per heavy atom. The van der Waals surface area contributed by atoms with Crippen LogP contribution in [0.15, 0.2) is 46.9 Å². The van der Waals surface area contributed by atoms with Crippen LogP contribution in [0.4, 0.5) is 5.69 Å². The summed E-state index contributed by atoms with van der Waals surface area (Å²) in [6, 6.07) is 7.66. The number of nitrogens with zero attached hydrogens (tertiary/aromatic N) is 2. The van der Waals surface area contributed by atoms with Gasteiger partial charge in [-0.2, -0.15) is 0 Å². The quantitative estimate of drug-likeness (QED) is 0.376. The van der Waals surface area contributed by atoms with Gasteiger partial charge in [0.1, 0.15) is 4.83 Å². The molecule has 0 bridgehead atoms. The lowest BCUT2D eigenvalue weighted by atomic mass is 10.2. The van der Waals surface area contributed by atoms with E-state index in [9.17, 15) is 9.59 Å². The molecule has 1 N–H and O–H groups in total. The van der Waals surface area contributed by atoms with Gasteiger partial charge in [-0.15, -0.1) is 17.9 Å². The molecule has 28 heavy (non-hydrogen) atoms. The minimum Gasteiger partial charge on any atom is -0.325 e. The van der Waals surface area contributed by atoms with Gasteiger partial charge < -0.3 is 5.32 Å². The highest BCUT2D eigenvalue weighted by Gasteiger charge is 2.23. The van der Waals surface area contributed by atoms with E-state index in [1.807, 2.05) is 31.2 Å². The van der Waals surface area contributed by atoms with E-state index >= 15 is 0 Å². The van der Waals surface area contributed by atoms with Gasteiger partial charge in [0.2, 0.25) is 5.91 Å². The Balaban J connectivity index is 1.58. The number of carbonyl (C=O) groups excluding carboxylic acids is 1. The number of carbonyl (C=O) groups is 1. The third-order valence-corrected chi connectivity index (χ3v) is 6.93. The lowest BCUT2D eigenvalue weighted by Gasteiger charge is -2.11. The predicted octanol–water partition coefficient (Wildman–Crippen LogP) is 4.17. The summed E-state index contributed by atoms with van der Waals surface area (Å²) in [5.74, 6) is 0.0654. The van der Waals surface area contributed by atoms with Crippen LogP contribution >= 0.6 is 23.1 Å². The summed E-state index contributed by atoms with van der Waals surface area (Å²) in [5.41, 5.74) is 3.05. The van der Waals surface area contributed by atoms with Crippen molar-refractivity contribution in [1.82, 2.24) is 9.55 Å². The fourth-order valence-electron chi connectivity index (χ4n) is 3.42. The van der Waals surface area contributed by atoms with Gasteiger partial charge in [0.25, 0.3) is 5.56 Å². The zero-order chi connectivity index (χ0) is 19.7. The highest BCUT2D eigenvalue weighted by Crippen LogP contribution is 2.35. The number of thioether (sulfide) groups is 1. The fraction of sp³-hybridized carbons (Fsp3) is 0.286. The third-order valence-electron chi connectivity index (χ3n) is 4.77. The number of nitrogens with one attached hydrogen (secondary N) is 1. The van der Waals surface area contributed by atoms with Crippen LogP contribution < -0.4 is 10.9 Å². The first kappa shape index (κ1) is 19.0. The number of amides is 1. The highest BCUT2D eigenvalue weighted by atomic mass is 32.2. The molecule has 2 aromatic heterocycles. The molecule has 4 rings (SSSR count). The summed E-state index contributed by atoms with van der Waals surface area (Å²) < 4.78 is 1.63. The number of fused-ring (bicyclic) bond motifs is 3. The van der Waals surface area contributed by atoms with Crippen molar-refractivity contribution in [2.45, 2.75) is 37.9 Å². The van der Waals surface area contributed by atoms with E-state index < -0.39 is 0 Å². The van der Waals surface area contributed by atoms with E-state index in [4.69, 9.17) is 4.98 Å². The molecular weight excluding hydrogens is 390 g/mol. The molecule has 1 aliphatic rings. The minimum absolute atomic E-state index is 0.0225. The molecule has 0 saturated heterocycles. The van der Waals surface area contributed by atoms with Crippen LogP contribution in [0.1, 0.15) is 22.4 Å². The van der Waals surface area contributed by atoms with Crippen molar-refractivity contribution >= 4 is 44.9 Å². The Labute approximate surface area is 171 Å². The van der Waals surface area contributed by atoms with E-state index in [2.05, 4.69) is 11.9 Å². The van der Waals surface area contributed by atoms with Crippen LogP contribution in [-0.4, -0.2) is 21.2 Å². The Kier molecular flexibility index (Phi) is 5.37. The highest BCUT2D eigenvalue weighted by molar-refractivity contribution is 7.99. The van der Waals surface area contributed by atoms with Crippen LogP contribution in [0.2, 0.25) is 0 Å². The Morgan fingerprint density at radius 2 is 2.14 bits per heavy atom. The number of allylic oxidation sites excluding steroid dienone is 1. The van der Waals surface area contributed by atoms with Crippen LogP contribution in [0, 0.1) is 6.92 Å². The first-order valence-corrected chi connectivity index (χ1v) is 11.0. The molecule has 1 aliphatic carbocycles. The summed E-state index contributed by atoms with van der Waals surface area (Å²) in [7, 11) is 0. The number of aromatic nitrogens is 2. The number of hydrogen-bond donors (Lipinski definition) is 1. The van der Waals surface area contributed by atoms with Crippen molar-refractivity contribution in [2.24, 2.45) is 0 Å². The molecule has 0 atom stereocenters. The molecule has 3 aromatic rings. The van der Waals surface area contributed by atoms with Gasteiger partial charge in [0.15, 0.2) is 5.16 Å². The van der Waals surface area contributed by atoms with Crippen molar-refractivity contribution in [3.05, 3.63) is 63.3 Å². The van der Waals surface area contributed by atoms with Crippen molar-refractivity contribution in [1.29, 1.82) is 0 Å². The lowest BCUT2D eigenvalue weighted by Crippen LogP contribution is -2.23. The lowest BCUT2D eigenvalue weighted by molar-refractivity contribution is -0.113. The molecule has 7 heteroatoms. The Morgan fingerprint density at radius 1 is 1.36 bits per heavy atom. The molecule has 1 aromatic carbocycles. The smallest absolute Gasteiger partial charge is 0.263 e. The van der Waals surface area contributed by atoms with Gasteiger partial charge in [0.05, 0.1) is 11.1 Å². The predicted molar refractivity (Wildman–Crippen MR) is 117 cm³/mol. The number of thiophene rings is 1. The molecule has 0 saturated carbocycles. The van der Waals surface area contributed by atoms with E-state index in [1.54, 1.807) is 22.0 Å². The maximum absolute atomic E-state index is 13.1. The number of aryl methyl sites for hydroxylation is 3. The van der Waals surface area contributed by atoms with Gasteiger partial charge in [-0.25, -0.2) is 4.98 Å². The first-order valence-electron chi connectivity index (χ1n) is 9.22. The summed E-state index contributed by atoms with van der Waals surface area (Å²) in [6.07, 6.45) is 4.77. The average Bonchev–Trinajstić information content (AvgIpc) is 3.25. The summed E-state index contributed by atoms with van der Waals surface area (Å²) in [5, 5.41) is 4.20. The Bertz CT molecular complexity index is 1110. The number of benzene rings is 1. The SMILES string of the molecule is C=CCn1c(SCC(=O)Nc2ccc(C)cc2)nc2sc3c(c2c1=O)CCC3. The van der Waals surface area contributed by atoms with Crippen LogP contribution in [-0.2, 0) is 24.2 Å². The molecule has 0 fully saturated rings. The molecule has 0 radical (unpaired) electrons. The fourth-order valence-corrected chi connectivity index (χ4v) is 5.53. The maximum atomic E-state index is 13.1. The van der Waals surface area contributed by atoms with Gasteiger partial charge in [0, 0.05) is 17.1 Å². The van der Waals surface area contributed by atoms with Crippen LogP contribution in [0.5, 0.6) is 0 Å². The second kappa shape index (κ2) is 7.93. The van der Waals surface area contributed by atoms with Crippen LogP contribution in [0.3, 0.4) is 0 Å². The molecule has 1 amide bonds. The van der Waals surface area contributed by atoms with Crippen molar-refractivity contribution in [2.75, 3.05) is 11.1 Å². The molecule has 0 aliphatic heterocycles. The number of hydrogen-bond acceptors (Lipinski definition) is 5. The second-order valence-corrected chi connectivity index (χ2v) is 8.87. The molecular formula is C21H21N3O2S2. The second-order valence-electron chi connectivity index (χ2n) is 6.84. The largest absolute Gasteiger partial charge is 0.325 e. The summed E-state index contributed by atoms with van der Waals surface area (Å²) in [6.45, 7) is 6.15. The van der Waals surface area contributed by atoms with Gasteiger partial charge in [-0.3, -0.25) is 14.2 Å². The zero-order valence-electron chi connectivity index (χ0n) is 15.7. The Hall–Kier alpha value is -2.38. The molecule has 0 unspecified atom stereocenters.